The molecule has 7 heteroatoms. The number of carbonyl (C=O) groups excluding carboxylic acids is 1. The van der Waals surface area contributed by atoms with E-state index in [0.29, 0.717) is 16.7 Å². The molecule has 0 saturated heterocycles. The van der Waals surface area contributed by atoms with Crippen molar-refractivity contribution in [1.29, 1.82) is 0 Å². The van der Waals surface area contributed by atoms with Crippen molar-refractivity contribution >= 4 is 28.1 Å². The van der Waals surface area contributed by atoms with Crippen LogP contribution < -0.4 is 5.56 Å². The Bertz CT molecular complexity index is 1230. The lowest BCUT2D eigenvalue weighted by molar-refractivity contribution is -0.129. The summed E-state index contributed by atoms with van der Waals surface area (Å²) >= 11 is 1.53. The zero-order valence-corrected chi connectivity index (χ0v) is 17.0. The number of hydrogen-bond donors (Lipinski definition) is 1. The summed E-state index contributed by atoms with van der Waals surface area (Å²) in [4.78, 5) is 38.2. The summed E-state index contributed by atoms with van der Waals surface area (Å²) in [6.07, 6.45) is 0.205. The number of aromatic nitrogens is 3. The fraction of sp³-hybridized carbons (Fsp3) is 0.182. The molecule has 0 aliphatic heterocycles. The number of carbonyl (C=O) groups is 1. The van der Waals surface area contributed by atoms with E-state index >= 15 is 0 Å². The Labute approximate surface area is 171 Å². The van der Waals surface area contributed by atoms with Crippen molar-refractivity contribution in [2.75, 3.05) is 7.05 Å². The van der Waals surface area contributed by atoms with Crippen molar-refractivity contribution in [3.05, 3.63) is 81.3 Å². The van der Waals surface area contributed by atoms with Crippen LogP contribution in [0.4, 0.5) is 0 Å². The number of aromatic amines is 1. The second kappa shape index (κ2) is 7.97. The highest BCUT2D eigenvalue weighted by Crippen LogP contribution is 2.24. The van der Waals surface area contributed by atoms with E-state index in [2.05, 4.69) is 15.0 Å². The topological polar surface area (TPSA) is 79.0 Å². The van der Waals surface area contributed by atoms with Gasteiger partial charge in [-0.2, -0.15) is 0 Å². The van der Waals surface area contributed by atoms with Crippen LogP contribution in [0.25, 0.3) is 21.5 Å². The number of nitrogens with one attached hydrogen (secondary N) is 1. The van der Waals surface area contributed by atoms with Gasteiger partial charge in [-0.05, 0) is 19.1 Å². The summed E-state index contributed by atoms with van der Waals surface area (Å²) in [5.41, 5.74) is 3.40. The molecule has 0 bridgehead atoms. The average molecular weight is 404 g/mol. The van der Waals surface area contributed by atoms with Gasteiger partial charge in [-0.1, -0.05) is 42.0 Å². The second-order valence-electron chi connectivity index (χ2n) is 6.97. The third kappa shape index (κ3) is 4.25. The monoisotopic (exact) mass is 404 g/mol. The molecule has 4 rings (SSSR count). The Kier molecular flexibility index (Phi) is 5.22. The van der Waals surface area contributed by atoms with E-state index in [1.807, 2.05) is 42.6 Å². The minimum Gasteiger partial charge on any atom is -0.338 e. The Morgan fingerprint density at radius 2 is 1.86 bits per heavy atom. The van der Waals surface area contributed by atoms with Gasteiger partial charge in [-0.25, -0.2) is 9.97 Å². The molecule has 0 radical (unpaired) electrons. The number of amides is 1. The fourth-order valence-electron chi connectivity index (χ4n) is 3.03. The van der Waals surface area contributed by atoms with E-state index in [1.165, 1.54) is 16.9 Å². The highest BCUT2D eigenvalue weighted by molar-refractivity contribution is 7.13. The number of aryl methyl sites for hydroxylation is 1. The summed E-state index contributed by atoms with van der Waals surface area (Å²) in [6, 6.07) is 15.3. The highest BCUT2D eigenvalue weighted by Gasteiger charge is 2.15. The lowest BCUT2D eigenvalue weighted by atomic mass is 10.2. The summed E-state index contributed by atoms with van der Waals surface area (Å²) in [7, 11) is 1.70. The molecule has 146 valence electrons. The van der Waals surface area contributed by atoms with Crippen LogP contribution >= 0.6 is 11.3 Å². The van der Waals surface area contributed by atoms with Gasteiger partial charge in [0.15, 0.2) is 0 Å². The van der Waals surface area contributed by atoms with Gasteiger partial charge in [0.1, 0.15) is 10.8 Å². The van der Waals surface area contributed by atoms with Crippen LogP contribution in [0, 0.1) is 6.92 Å². The normalized spacial score (nSPS) is 11.0. The van der Waals surface area contributed by atoms with Crippen LogP contribution in [0.2, 0.25) is 0 Å². The van der Waals surface area contributed by atoms with E-state index in [4.69, 9.17) is 0 Å². The maximum Gasteiger partial charge on any atom is 0.258 e. The first-order valence-electron chi connectivity index (χ1n) is 9.23. The Morgan fingerprint density at radius 3 is 2.66 bits per heavy atom. The van der Waals surface area contributed by atoms with E-state index in [0.717, 1.165) is 16.3 Å². The van der Waals surface area contributed by atoms with Crippen molar-refractivity contribution < 1.29 is 4.79 Å². The Balaban J connectivity index is 1.45. The van der Waals surface area contributed by atoms with Gasteiger partial charge in [0.2, 0.25) is 5.91 Å². The number of thiazole rings is 1. The number of benzene rings is 2. The molecule has 0 atom stereocenters. The van der Waals surface area contributed by atoms with E-state index in [-0.39, 0.29) is 24.4 Å². The number of nitrogens with zero attached hydrogens (tertiary/aromatic N) is 3. The Morgan fingerprint density at radius 1 is 1.10 bits per heavy atom. The fourth-order valence-corrected chi connectivity index (χ4v) is 3.86. The first kappa shape index (κ1) is 19.0. The third-order valence-electron chi connectivity index (χ3n) is 4.66. The molecular weight excluding hydrogens is 384 g/mol. The van der Waals surface area contributed by atoms with Gasteiger partial charge in [0.25, 0.3) is 5.56 Å². The van der Waals surface area contributed by atoms with Gasteiger partial charge < -0.3 is 9.88 Å². The van der Waals surface area contributed by atoms with Gasteiger partial charge in [-0.15, -0.1) is 11.3 Å². The first-order valence-corrected chi connectivity index (χ1v) is 10.1. The van der Waals surface area contributed by atoms with Crippen molar-refractivity contribution in [2.24, 2.45) is 0 Å². The number of fused-ring (bicyclic) bond motifs is 1. The molecule has 0 aliphatic rings. The summed E-state index contributed by atoms with van der Waals surface area (Å²) in [6.45, 7) is 2.27. The van der Waals surface area contributed by atoms with Crippen molar-refractivity contribution in [1.82, 2.24) is 19.9 Å². The van der Waals surface area contributed by atoms with Crippen LogP contribution in [0.5, 0.6) is 0 Å². The lowest BCUT2D eigenvalue weighted by Crippen LogP contribution is -2.29. The lowest BCUT2D eigenvalue weighted by Gasteiger charge is -2.16. The molecular formula is C22H20N4O2S. The standard InChI is InChI=1S/C22H20N4O2S/c1-14-7-9-15(10-8-14)22-23-16(13-29-22)11-20(27)26(2)12-19-24-18-6-4-3-5-17(18)21(28)25-19/h3-10,13H,11-12H2,1-2H3,(H,24,25,28). The first-order chi connectivity index (χ1) is 14.0. The minimum absolute atomic E-state index is 0.0819. The Hall–Kier alpha value is -3.32. The quantitative estimate of drug-likeness (QED) is 0.552. The number of likely N-dealkylation sites (N-methyl/N-ethyl adjacent to an activating group) is 1. The second-order valence-corrected chi connectivity index (χ2v) is 7.82. The van der Waals surface area contributed by atoms with Crippen molar-refractivity contribution in [3.63, 3.8) is 0 Å². The van der Waals surface area contributed by atoms with Gasteiger partial charge in [-0.3, -0.25) is 9.59 Å². The van der Waals surface area contributed by atoms with Crippen LogP contribution in [0.15, 0.2) is 58.7 Å². The highest BCUT2D eigenvalue weighted by atomic mass is 32.1. The molecule has 4 aromatic rings. The maximum atomic E-state index is 12.6. The number of rotatable bonds is 5. The van der Waals surface area contributed by atoms with Gasteiger partial charge in [0, 0.05) is 18.0 Å². The van der Waals surface area contributed by atoms with Gasteiger partial charge >= 0.3 is 0 Å². The van der Waals surface area contributed by atoms with Crippen LogP contribution in [-0.2, 0) is 17.8 Å². The predicted octanol–water partition coefficient (Wildman–Crippen LogP) is 3.56. The van der Waals surface area contributed by atoms with E-state index in [9.17, 15) is 9.59 Å². The SMILES string of the molecule is Cc1ccc(-c2nc(CC(=O)N(C)Cc3nc4ccccc4c(=O)[nH]3)cs2)cc1. The van der Waals surface area contributed by atoms with Crippen LogP contribution in [-0.4, -0.2) is 32.8 Å². The number of hydrogen-bond acceptors (Lipinski definition) is 5. The molecule has 2 heterocycles. The smallest absolute Gasteiger partial charge is 0.258 e. The molecule has 1 N–H and O–H groups in total. The molecule has 1 amide bonds. The molecule has 0 unspecified atom stereocenters. The summed E-state index contributed by atoms with van der Waals surface area (Å²) < 4.78 is 0. The molecule has 29 heavy (non-hydrogen) atoms. The minimum atomic E-state index is -0.200. The number of H-pyrrole nitrogens is 1. The predicted molar refractivity (Wildman–Crippen MR) is 115 cm³/mol. The molecule has 0 saturated carbocycles. The van der Waals surface area contributed by atoms with E-state index in [1.54, 1.807) is 30.1 Å². The molecule has 6 nitrogen and oxygen atoms in total. The molecule has 0 aliphatic carbocycles. The summed E-state index contributed by atoms with van der Waals surface area (Å²) in [5.74, 6) is 0.379. The molecule has 0 fully saturated rings. The summed E-state index contributed by atoms with van der Waals surface area (Å²) in [5, 5.41) is 3.35. The molecule has 2 aromatic carbocycles. The van der Waals surface area contributed by atoms with E-state index < -0.39 is 0 Å². The van der Waals surface area contributed by atoms with Crippen LogP contribution in [0.3, 0.4) is 0 Å². The third-order valence-corrected chi connectivity index (χ3v) is 5.60. The number of para-hydroxylation sites is 1. The van der Waals surface area contributed by atoms with Gasteiger partial charge in [0.05, 0.1) is 29.6 Å². The van der Waals surface area contributed by atoms with Crippen molar-refractivity contribution in [2.45, 2.75) is 19.9 Å². The van der Waals surface area contributed by atoms with Crippen molar-refractivity contribution in [3.8, 4) is 10.6 Å². The largest absolute Gasteiger partial charge is 0.338 e. The zero-order chi connectivity index (χ0) is 20.4. The molecule has 0 spiro atoms. The maximum absolute atomic E-state index is 12.6. The zero-order valence-electron chi connectivity index (χ0n) is 16.2. The molecule has 2 aromatic heterocycles. The van der Waals surface area contributed by atoms with Crippen LogP contribution in [0.1, 0.15) is 17.1 Å². The average Bonchev–Trinajstić information content (AvgIpc) is 3.17.